The molecule has 2 aromatic rings. The molecule has 0 aliphatic rings. The topological polar surface area (TPSA) is 83.6 Å². The molecule has 0 heterocycles. The van der Waals surface area contributed by atoms with Crippen LogP contribution in [0.15, 0.2) is 48.5 Å². The van der Waals surface area contributed by atoms with Gasteiger partial charge in [-0.25, -0.2) is 0 Å². The van der Waals surface area contributed by atoms with Crippen molar-refractivity contribution in [1.29, 1.82) is 0 Å². The summed E-state index contributed by atoms with van der Waals surface area (Å²) in [6.45, 7) is 0.247. The molecule has 0 aliphatic heterocycles. The molecule has 0 aliphatic carbocycles. The summed E-state index contributed by atoms with van der Waals surface area (Å²) >= 11 is 0. The first-order valence-electron chi connectivity index (χ1n) is 7.35. The van der Waals surface area contributed by atoms with Gasteiger partial charge in [-0.3, -0.25) is 9.59 Å². The molecule has 0 atom stereocenters. The Morgan fingerprint density at radius 2 is 1.74 bits per heavy atom. The number of nitrogens with zero attached hydrogens (tertiary/aromatic N) is 1. The molecule has 3 N–H and O–H groups in total. The summed E-state index contributed by atoms with van der Waals surface area (Å²) in [7, 11) is 1.65. The number of hydrogen-bond acceptors (Lipinski definition) is 3. The zero-order chi connectivity index (χ0) is 16.8. The Kier molecular flexibility index (Phi) is 5.49. The van der Waals surface area contributed by atoms with E-state index in [-0.39, 0.29) is 12.5 Å². The molecule has 0 spiro atoms. The van der Waals surface area contributed by atoms with Crippen molar-refractivity contribution in [2.45, 2.75) is 6.42 Å². The largest absolute Gasteiger partial charge is 0.395 e. The highest BCUT2D eigenvalue weighted by Crippen LogP contribution is 2.13. The Morgan fingerprint density at radius 3 is 2.35 bits per heavy atom. The molecule has 120 valence electrons. The van der Waals surface area contributed by atoms with E-state index in [4.69, 9.17) is 10.8 Å². The van der Waals surface area contributed by atoms with E-state index < -0.39 is 5.91 Å². The van der Waals surface area contributed by atoms with Crippen molar-refractivity contribution in [3.63, 3.8) is 0 Å². The standard InChI is InChI=1S/C18H20N2O3/c1-20(9-10-21)18(23)15-7-5-13(6-8-15)11-14-3-2-4-16(12-14)17(19)22/h2-8,12,21H,9-11H2,1H3,(H2,19,22). The van der Waals surface area contributed by atoms with Gasteiger partial charge in [0.2, 0.25) is 5.91 Å². The number of rotatable bonds is 6. The first-order valence-corrected chi connectivity index (χ1v) is 7.35. The minimum absolute atomic E-state index is 0.0590. The summed E-state index contributed by atoms with van der Waals surface area (Å²) in [5.41, 5.74) is 8.37. The zero-order valence-electron chi connectivity index (χ0n) is 13.0. The molecule has 2 rings (SSSR count). The molecule has 0 fully saturated rings. The van der Waals surface area contributed by atoms with Gasteiger partial charge >= 0.3 is 0 Å². The molecule has 2 amide bonds. The number of carbonyl (C=O) groups excluding carboxylic acids is 2. The number of likely N-dealkylation sites (N-methyl/N-ethyl adjacent to an activating group) is 1. The predicted molar refractivity (Wildman–Crippen MR) is 88.3 cm³/mol. The van der Waals surface area contributed by atoms with E-state index in [9.17, 15) is 9.59 Å². The lowest BCUT2D eigenvalue weighted by atomic mass is 10.0. The van der Waals surface area contributed by atoms with Gasteiger partial charge in [0.1, 0.15) is 0 Å². The molecule has 2 aromatic carbocycles. The van der Waals surface area contributed by atoms with Crippen LogP contribution in [0.1, 0.15) is 31.8 Å². The van der Waals surface area contributed by atoms with Gasteiger partial charge in [0.05, 0.1) is 6.61 Å². The van der Waals surface area contributed by atoms with E-state index in [2.05, 4.69) is 0 Å². The minimum atomic E-state index is -0.445. The molecular formula is C18H20N2O3. The highest BCUT2D eigenvalue weighted by Gasteiger charge is 2.10. The summed E-state index contributed by atoms with van der Waals surface area (Å²) < 4.78 is 0. The van der Waals surface area contributed by atoms with Crippen LogP contribution in [0.25, 0.3) is 0 Å². The fourth-order valence-corrected chi connectivity index (χ4v) is 2.31. The molecular weight excluding hydrogens is 292 g/mol. The second-order valence-electron chi connectivity index (χ2n) is 5.39. The number of hydrogen-bond donors (Lipinski definition) is 2. The summed E-state index contributed by atoms with van der Waals surface area (Å²) in [4.78, 5) is 24.8. The Balaban J connectivity index is 2.09. The molecule has 5 nitrogen and oxygen atoms in total. The van der Waals surface area contributed by atoms with Crippen LogP contribution in [0, 0.1) is 0 Å². The molecule has 0 saturated heterocycles. The van der Waals surface area contributed by atoms with Crippen LogP contribution in [0.5, 0.6) is 0 Å². The number of amides is 2. The smallest absolute Gasteiger partial charge is 0.253 e. The maximum Gasteiger partial charge on any atom is 0.253 e. The van der Waals surface area contributed by atoms with Crippen molar-refractivity contribution in [3.05, 3.63) is 70.8 Å². The Hall–Kier alpha value is -2.66. The van der Waals surface area contributed by atoms with Crippen LogP contribution in [0.2, 0.25) is 0 Å². The maximum absolute atomic E-state index is 12.1. The van der Waals surface area contributed by atoms with E-state index in [0.29, 0.717) is 24.1 Å². The number of nitrogens with two attached hydrogens (primary N) is 1. The average molecular weight is 312 g/mol. The van der Waals surface area contributed by atoms with Gasteiger partial charge in [0, 0.05) is 24.7 Å². The highest BCUT2D eigenvalue weighted by atomic mass is 16.3. The number of benzene rings is 2. The SMILES string of the molecule is CN(CCO)C(=O)c1ccc(Cc2cccc(C(N)=O)c2)cc1. The highest BCUT2D eigenvalue weighted by molar-refractivity contribution is 5.94. The third kappa shape index (κ3) is 4.40. The van der Waals surface area contributed by atoms with E-state index >= 15 is 0 Å². The van der Waals surface area contributed by atoms with Crippen LogP contribution in [0.4, 0.5) is 0 Å². The van der Waals surface area contributed by atoms with Gasteiger partial charge in [0.15, 0.2) is 0 Å². The average Bonchev–Trinajstić information content (AvgIpc) is 2.55. The van der Waals surface area contributed by atoms with Gasteiger partial charge in [-0.05, 0) is 41.8 Å². The van der Waals surface area contributed by atoms with Crippen molar-refractivity contribution in [2.24, 2.45) is 5.73 Å². The molecule has 5 heteroatoms. The van der Waals surface area contributed by atoms with Crippen LogP contribution < -0.4 is 5.73 Å². The summed E-state index contributed by atoms with van der Waals surface area (Å²) in [6.07, 6.45) is 0.655. The maximum atomic E-state index is 12.1. The lowest BCUT2D eigenvalue weighted by Crippen LogP contribution is -2.29. The minimum Gasteiger partial charge on any atom is -0.395 e. The normalized spacial score (nSPS) is 10.3. The quantitative estimate of drug-likeness (QED) is 0.846. The van der Waals surface area contributed by atoms with Crippen molar-refractivity contribution in [3.8, 4) is 0 Å². The molecule has 23 heavy (non-hydrogen) atoms. The number of aliphatic hydroxyl groups is 1. The van der Waals surface area contributed by atoms with Gasteiger partial charge < -0.3 is 15.7 Å². The third-order valence-electron chi connectivity index (χ3n) is 3.60. The first-order chi connectivity index (χ1) is 11.0. The summed E-state index contributed by atoms with van der Waals surface area (Å²) in [5.74, 6) is -0.568. The summed E-state index contributed by atoms with van der Waals surface area (Å²) in [6, 6.07) is 14.5. The fraction of sp³-hybridized carbons (Fsp3) is 0.222. The number of primary amides is 1. The van der Waals surface area contributed by atoms with E-state index in [1.807, 2.05) is 18.2 Å². The van der Waals surface area contributed by atoms with Crippen LogP contribution in [0.3, 0.4) is 0 Å². The first kappa shape index (κ1) is 16.7. The van der Waals surface area contributed by atoms with Crippen molar-refractivity contribution in [1.82, 2.24) is 4.90 Å². The Bertz CT molecular complexity index is 696. The molecule has 0 radical (unpaired) electrons. The van der Waals surface area contributed by atoms with Crippen LogP contribution >= 0.6 is 0 Å². The molecule has 0 saturated carbocycles. The number of aliphatic hydroxyl groups excluding tert-OH is 1. The van der Waals surface area contributed by atoms with Gasteiger partial charge in [-0.1, -0.05) is 24.3 Å². The van der Waals surface area contributed by atoms with E-state index in [0.717, 1.165) is 11.1 Å². The fourth-order valence-electron chi connectivity index (χ4n) is 2.31. The molecule has 0 bridgehead atoms. The predicted octanol–water partition coefficient (Wildman–Crippen LogP) is 1.44. The Morgan fingerprint density at radius 1 is 1.04 bits per heavy atom. The summed E-state index contributed by atoms with van der Waals surface area (Å²) in [5, 5.41) is 8.88. The molecule has 0 aromatic heterocycles. The number of carbonyl (C=O) groups is 2. The van der Waals surface area contributed by atoms with Crippen LogP contribution in [-0.4, -0.2) is 42.0 Å². The van der Waals surface area contributed by atoms with Crippen LogP contribution in [-0.2, 0) is 6.42 Å². The second-order valence-corrected chi connectivity index (χ2v) is 5.39. The zero-order valence-corrected chi connectivity index (χ0v) is 13.0. The van der Waals surface area contributed by atoms with Crippen molar-refractivity contribution in [2.75, 3.05) is 20.2 Å². The Labute approximate surface area is 135 Å². The lowest BCUT2D eigenvalue weighted by Gasteiger charge is -2.15. The van der Waals surface area contributed by atoms with Gasteiger partial charge in [0.25, 0.3) is 5.91 Å². The van der Waals surface area contributed by atoms with Gasteiger partial charge in [-0.2, -0.15) is 0 Å². The molecule has 0 unspecified atom stereocenters. The monoisotopic (exact) mass is 312 g/mol. The van der Waals surface area contributed by atoms with E-state index in [1.165, 1.54) is 4.90 Å². The lowest BCUT2D eigenvalue weighted by molar-refractivity contribution is 0.0767. The van der Waals surface area contributed by atoms with Crippen molar-refractivity contribution < 1.29 is 14.7 Å². The van der Waals surface area contributed by atoms with Crippen molar-refractivity contribution >= 4 is 11.8 Å². The second kappa shape index (κ2) is 7.56. The van der Waals surface area contributed by atoms with E-state index in [1.54, 1.807) is 37.4 Å². The van der Waals surface area contributed by atoms with Gasteiger partial charge in [-0.15, -0.1) is 0 Å². The third-order valence-corrected chi connectivity index (χ3v) is 3.60.